The molecule has 2 atom stereocenters. The zero-order chi connectivity index (χ0) is 9.90. The second-order valence-electron chi connectivity index (χ2n) is 3.41. The van der Waals surface area contributed by atoms with Gasteiger partial charge in [-0.3, -0.25) is 0 Å². The monoisotopic (exact) mass is 233 g/mol. The molecule has 6 heteroatoms. The molecule has 86 valence electrons. The maximum Gasteiger partial charge on any atom is 0.411 e. The molecule has 0 heterocycles. The highest BCUT2D eigenvalue weighted by molar-refractivity contribution is 5.85. The number of hydrogen-bond donors (Lipinski definition) is 1. The summed E-state index contributed by atoms with van der Waals surface area (Å²) in [4.78, 5) is 0. The van der Waals surface area contributed by atoms with Gasteiger partial charge in [0.25, 0.3) is 0 Å². The maximum absolute atomic E-state index is 11.8. The van der Waals surface area contributed by atoms with Crippen LogP contribution in [0.15, 0.2) is 0 Å². The van der Waals surface area contributed by atoms with E-state index in [4.69, 9.17) is 10.5 Å². The lowest BCUT2D eigenvalue weighted by Crippen LogP contribution is -2.41. The van der Waals surface area contributed by atoms with E-state index in [1.807, 2.05) is 0 Å². The second kappa shape index (κ2) is 5.78. The summed E-state index contributed by atoms with van der Waals surface area (Å²) in [6.45, 7) is -1.18. The highest BCUT2D eigenvalue weighted by atomic mass is 35.5. The summed E-state index contributed by atoms with van der Waals surface area (Å²) >= 11 is 0. The molecule has 14 heavy (non-hydrogen) atoms. The molecular weight excluding hydrogens is 219 g/mol. The molecule has 0 spiro atoms. The molecule has 0 saturated heterocycles. The summed E-state index contributed by atoms with van der Waals surface area (Å²) in [5, 5.41) is 0. The first kappa shape index (κ1) is 14.0. The van der Waals surface area contributed by atoms with Crippen molar-refractivity contribution in [2.75, 3.05) is 6.61 Å². The van der Waals surface area contributed by atoms with Crippen molar-refractivity contribution in [3.8, 4) is 0 Å². The van der Waals surface area contributed by atoms with Crippen LogP contribution in [-0.2, 0) is 4.74 Å². The fourth-order valence-electron chi connectivity index (χ4n) is 1.53. The van der Waals surface area contributed by atoms with Crippen LogP contribution in [-0.4, -0.2) is 24.9 Å². The number of alkyl halides is 3. The minimum Gasteiger partial charge on any atom is -0.367 e. The van der Waals surface area contributed by atoms with E-state index in [0.717, 1.165) is 19.3 Å². The molecule has 1 aliphatic carbocycles. The van der Waals surface area contributed by atoms with Gasteiger partial charge < -0.3 is 10.5 Å². The normalized spacial score (nSPS) is 28.3. The van der Waals surface area contributed by atoms with Crippen LogP contribution in [0.2, 0.25) is 0 Å². The summed E-state index contributed by atoms with van der Waals surface area (Å²) in [6.07, 6.45) is -1.32. The molecule has 0 aromatic heterocycles. The van der Waals surface area contributed by atoms with E-state index >= 15 is 0 Å². The Balaban J connectivity index is 0.00000169. The smallest absolute Gasteiger partial charge is 0.367 e. The number of hydrogen-bond acceptors (Lipinski definition) is 2. The number of nitrogens with two attached hydrogens (primary N) is 1. The molecule has 2 nitrogen and oxygen atoms in total. The molecule has 0 radical (unpaired) electrons. The van der Waals surface area contributed by atoms with Crippen LogP contribution in [0.3, 0.4) is 0 Å². The first-order chi connectivity index (χ1) is 5.99. The van der Waals surface area contributed by atoms with Gasteiger partial charge in [0, 0.05) is 6.04 Å². The minimum absolute atomic E-state index is 0. The lowest BCUT2D eigenvalue weighted by Gasteiger charge is -2.28. The van der Waals surface area contributed by atoms with Crippen LogP contribution in [0, 0.1) is 0 Å². The van der Waals surface area contributed by atoms with Crippen molar-refractivity contribution in [2.24, 2.45) is 5.73 Å². The van der Waals surface area contributed by atoms with Crippen LogP contribution in [0.5, 0.6) is 0 Å². The summed E-state index contributed by atoms with van der Waals surface area (Å²) < 4.78 is 40.0. The van der Waals surface area contributed by atoms with E-state index in [0.29, 0.717) is 6.42 Å². The van der Waals surface area contributed by atoms with Crippen molar-refractivity contribution in [1.82, 2.24) is 0 Å². The van der Waals surface area contributed by atoms with Crippen molar-refractivity contribution in [3.63, 3.8) is 0 Å². The van der Waals surface area contributed by atoms with E-state index in [9.17, 15) is 13.2 Å². The van der Waals surface area contributed by atoms with Gasteiger partial charge >= 0.3 is 6.18 Å². The van der Waals surface area contributed by atoms with Crippen molar-refractivity contribution in [3.05, 3.63) is 0 Å². The van der Waals surface area contributed by atoms with E-state index in [1.54, 1.807) is 0 Å². The summed E-state index contributed by atoms with van der Waals surface area (Å²) in [5.74, 6) is 0. The third kappa shape index (κ3) is 5.02. The Kier molecular flexibility index (Phi) is 5.78. The van der Waals surface area contributed by atoms with Gasteiger partial charge in [0.2, 0.25) is 0 Å². The Labute approximate surface area is 87.4 Å². The predicted molar refractivity (Wildman–Crippen MR) is 49.5 cm³/mol. The Hall–Kier alpha value is -0.0000000000000000555. The summed E-state index contributed by atoms with van der Waals surface area (Å²) in [7, 11) is 0. The molecular formula is C8H15ClF3NO. The fourth-order valence-corrected chi connectivity index (χ4v) is 1.53. The molecule has 0 bridgehead atoms. The molecule has 0 aromatic carbocycles. The summed E-state index contributed by atoms with van der Waals surface area (Å²) in [6, 6.07) is -0.226. The van der Waals surface area contributed by atoms with Crippen LogP contribution in [0.1, 0.15) is 25.7 Å². The summed E-state index contributed by atoms with van der Waals surface area (Å²) in [5.41, 5.74) is 5.62. The Morgan fingerprint density at radius 1 is 1.21 bits per heavy atom. The van der Waals surface area contributed by atoms with Gasteiger partial charge in [-0.15, -0.1) is 12.4 Å². The van der Waals surface area contributed by atoms with Crippen molar-refractivity contribution in [1.29, 1.82) is 0 Å². The molecule has 0 amide bonds. The third-order valence-electron chi connectivity index (χ3n) is 2.21. The van der Waals surface area contributed by atoms with Gasteiger partial charge in [-0.1, -0.05) is 12.8 Å². The van der Waals surface area contributed by atoms with Crippen LogP contribution in [0.25, 0.3) is 0 Å². The van der Waals surface area contributed by atoms with Crippen LogP contribution in [0.4, 0.5) is 13.2 Å². The highest BCUT2D eigenvalue weighted by Gasteiger charge is 2.31. The predicted octanol–water partition coefficient (Wildman–Crippen LogP) is 2.26. The van der Waals surface area contributed by atoms with Gasteiger partial charge in [-0.05, 0) is 12.8 Å². The minimum atomic E-state index is -4.24. The van der Waals surface area contributed by atoms with Gasteiger partial charge in [-0.2, -0.15) is 13.2 Å². The van der Waals surface area contributed by atoms with Crippen LogP contribution >= 0.6 is 12.4 Å². The number of halogens is 4. The highest BCUT2D eigenvalue weighted by Crippen LogP contribution is 2.22. The average molecular weight is 234 g/mol. The Morgan fingerprint density at radius 2 is 1.79 bits per heavy atom. The number of ether oxygens (including phenoxy) is 1. The molecule has 2 unspecified atom stereocenters. The molecule has 0 aliphatic heterocycles. The molecule has 1 rings (SSSR count). The zero-order valence-corrected chi connectivity index (χ0v) is 8.53. The van der Waals surface area contributed by atoms with Crippen molar-refractivity contribution >= 4 is 12.4 Å². The number of rotatable bonds is 2. The van der Waals surface area contributed by atoms with Gasteiger partial charge in [0.15, 0.2) is 0 Å². The Morgan fingerprint density at radius 3 is 2.29 bits per heavy atom. The van der Waals surface area contributed by atoms with Crippen LogP contribution < -0.4 is 5.73 Å². The zero-order valence-electron chi connectivity index (χ0n) is 7.72. The largest absolute Gasteiger partial charge is 0.411 e. The lowest BCUT2D eigenvalue weighted by atomic mass is 9.93. The SMILES string of the molecule is Cl.NC1CCCCC1OCC(F)(F)F. The van der Waals surface area contributed by atoms with E-state index in [1.165, 1.54) is 0 Å². The lowest BCUT2D eigenvalue weighted by molar-refractivity contribution is -0.189. The fraction of sp³-hybridized carbons (Fsp3) is 1.00. The molecule has 1 fully saturated rings. The van der Waals surface area contributed by atoms with Gasteiger partial charge in [-0.25, -0.2) is 0 Å². The second-order valence-corrected chi connectivity index (χ2v) is 3.41. The maximum atomic E-state index is 11.8. The standard InChI is InChI=1S/C8H14F3NO.ClH/c9-8(10,11)5-13-7-4-2-1-3-6(7)12;/h6-7H,1-5,12H2;1H. The topological polar surface area (TPSA) is 35.2 Å². The Bertz CT molecular complexity index is 165. The van der Waals surface area contributed by atoms with E-state index in [-0.39, 0.29) is 18.4 Å². The van der Waals surface area contributed by atoms with Crippen molar-refractivity contribution < 1.29 is 17.9 Å². The van der Waals surface area contributed by atoms with Gasteiger partial charge in [0.05, 0.1) is 6.10 Å². The quantitative estimate of drug-likeness (QED) is 0.794. The van der Waals surface area contributed by atoms with Gasteiger partial charge in [0.1, 0.15) is 6.61 Å². The molecule has 1 aliphatic rings. The molecule has 1 saturated carbocycles. The first-order valence-corrected chi connectivity index (χ1v) is 4.43. The average Bonchev–Trinajstić information content (AvgIpc) is 2.01. The van der Waals surface area contributed by atoms with Crippen molar-refractivity contribution in [2.45, 2.75) is 44.0 Å². The molecule has 0 aromatic rings. The molecule has 2 N–H and O–H groups in total. The van der Waals surface area contributed by atoms with E-state index < -0.39 is 18.9 Å². The van der Waals surface area contributed by atoms with E-state index in [2.05, 4.69) is 0 Å². The third-order valence-corrected chi connectivity index (χ3v) is 2.21. The first-order valence-electron chi connectivity index (χ1n) is 4.43.